The van der Waals surface area contributed by atoms with Gasteiger partial charge in [-0.3, -0.25) is 25.2 Å². The third-order valence-electron chi connectivity index (χ3n) is 4.37. The van der Waals surface area contributed by atoms with Crippen LogP contribution in [0.2, 0.25) is 10.0 Å². The van der Waals surface area contributed by atoms with E-state index in [2.05, 4.69) is 10.9 Å². The normalized spacial score (nSPS) is 16.3. The van der Waals surface area contributed by atoms with E-state index in [1.807, 2.05) is 13.0 Å². The average molecular weight is 406 g/mol. The van der Waals surface area contributed by atoms with Crippen LogP contribution in [0.15, 0.2) is 42.5 Å². The lowest BCUT2D eigenvalue weighted by Gasteiger charge is -2.17. The molecule has 0 bridgehead atoms. The zero-order chi connectivity index (χ0) is 19.6. The minimum atomic E-state index is -0.567. The molecule has 0 radical (unpaired) electrons. The number of hydrogen-bond donors (Lipinski definition) is 2. The highest BCUT2D eigenvalue weighted by atomic mass is 35.5. The first-order valence-corrected chi connectivity index (χ1v) is 9.03. The van der Waals surface area contributed by atoms with Gasteiger partial charge < -0.3 is 4.90 Å². The van der Waals surface area contributed by atoms with Gasteiger partial charge in [0, 0.05) is 34.3 Å². The van der Waals surface area contributed by atoms with Gasteiger partial charge in [-0.05, 0) is 48.9 Å². The summed E-state index contributed by atoms with van der Waals surface area (Å²) in [6, 6.07) is 11.6. The van der Waals surface area contributed by atoms with Crippen molar-refractivity contribution in [2.75, 3.05) is 11.4 Å². The lowest BCUT2D eigenvalue weighted by atomic mass is 10.1. The van der Waals surface area contributed by atoms with Gasteiger partial charge in [0.05, 0.1) is 5.92 Å². The summed E-state index contributed by atoms with van der Waals surface area (Å²) in [6.07, 6.45) is 0.0636. The van der Waals surface area contributed by atoms with Gasteiger partial charge in [0.1, 0.15) is 0 Å². The Labute approximate surface area is 166 Å². The largest absolute Gasteiger partial charge is 0.312 e. The summed E-state index contributed by atoms with van der Waals surface area (Å²) in [5.74, 6) is -1.62. The Balaban J connectivity index is 1.59. The van der Waals surface area contributed by atoms with Gasteiger partial charge in [-0.1, -0.05) is 29.3 Å². The first-order chi connectivity index (χ1) is 12.8. The number of carbonyl (C=O) groups is 3. The number of aryl methyl sites for hydroxylation is 1. The molecule has 1 aliphatic rings. The second-order valence-corrected chi connectivity index (χ2v) is 7.13. The van der Waals surface area contributed by atoms with E-state index in [0.717, 1.165) is 5.56 Å². The highest BCUT2D eigenvalue weighted by molar-refractivity contribution is 6.31. The Morgan fingerprint density at radius 3 is 2.44 bits per heavy atom. The molecule has 0 saturated carbocycles. The van der Waals surface area contributed by atoms with Crippen LogP contribution in [-0.4, -0.2) is 24.3 Å². The van der Waals surface area contributed by atoms with Crippen molar-refractivity contribution in [3.63, 3.8) is 0 Å². The molecule has 0 aromatic heterocycles. The lowest BCUT2D eigenvalue weighted by Crippen LogP contribution is -2.45. The van der Waals surface area contributed by atoms with Crippen LogP contribution in [0.3, 0.4) is 0 Å². The SMILES string of the molecule is Cc1ccc(N2C[C@@H](C(=O)NNC(=O)c3ccc(Cl)cc3)CC2=O)cc1Cl. The number of hydrazine groups is 1. The quantitative estimate of drug-likeness (QED) is 0.769. The highest BCUT2D eigenvalue weighted by Gasteiger charge is 2.35. The summed E-state index contributed by atoms with van der Waals surface area (Å²) in [5.41, 5.74) is 6.64. The van der Waals surface area contributed by atoms with Crippen LogP contribution in [0.4, 0.5) is 5.69 Å². The maximum absolute atomic E-state index is 12.3. The molecule has 1 fully saturated rings. The van der Waals surface area contributed by atoms with Crippen molar-refractivity contribution in [3.05, 3.63) is 63.6 Å². The number of amides is 3. The van der Waals surface area contributed by atoms with Crippen molar-refractivity contribution in [2.45, 2.75) is 13.3 Å². The number of nitrogens with zero attached hydrogens (tertiary/aromatic N) is 1. The Hall–Kier alpha value is -2.57. The van der Waals surface area contributed by atoms with Gasteiger partial charge in [-0.25, -0.2) is 0 Å². The molecule has 1 atom stereocenters. The number of rotatable bonds is 3. The molecule has 1 heterocycles. The summed E-state index contributed by atoms with van der Waals surface area (Å²) >= 11 is 11.9. The van der Waals surface area contributed by atoms with Crippen LogP contribution in [0.1, 0.15) is 22.3 Å². The molecular weight excluding hydrogens is 389 g/mol. The van der Waals surface area contributed by atoms with Crippen molar-refractivity contribution in [1.29, 1.82) is 0 Å². The lowest BCUT2D eigenvalue weighted by molar-refractivity contribution is -0.126. The monoisotopic (exact) mass is 405 g/mol. The van der Waals surface area contributed by atoms with Gasteiger partial charge in [0.15, 0.2) is 0 Å². The molecule has 27 heavy (non-hydrogen) atoms. The zero-order valence-corrected chi connectivity index (χ0v) is 16.0. The molecule has 0 unspecified atom stereocenters. The van der Waals surface area contributed by atoms with Gasteiger partial charge in [0.25, 0.3) is 5.91 Å². The molecule has 2 aromatic rings. The van der Waals surface area contributed by atoms with Gasteiger partial charge in [0.2, 0.25) is 11.8 Å². The molecule has 6 nitrogen and oxygen atoms in total. The second kappa shape index (κ2) is 7.98. The number of benzene rings is 2. The van der Waals surface area contributed by atoms with Crippen molar-refractivity contribution in [2.24, 2.45) is 5.92 Å². The third-order valence-corrected chi connectivity index (χ3v) is 5.03. The van der Waals surface area contributed by atoms with Crippen LogP contribution in [0.5, 0.6) is 0 Å². The molecule has 1 aliphatic heterocycles. The van der Waals surface area contributed by atoms with Crippen molar-refractivity contribution < 1.29 is 14.4 Å². The van der Waals surface area contributed by atoms with Gasteiger partial charge in [-0.15, -0.1) is 0 Å². The van der Waals surface area contributed by atoms with E-state index < -0.39 is 17.7 Å². The van der Waals surface area contributed by atoms with Gasteiger partial charge >= 0.3 is 0 Å². The molecule has 3 rings (SSSR count). The van der Waals surface area contributed by atoms with E-state index in [1.54, 1.807) is 36.4 Å². The summed E-state index contributed by atoms with van der Waals surface area (Å²) in [4.78, 5) is 38.2. The van der Waals surface area contributed by atoms with Crippen LogP contribution < -0.4 is 15.8 Å². The summed E-state index contributed by atoms with van der Waals surface area (Å²) in [7, 11) is 0. The summed E-state index contributed by atoms with van der Waals surface area (Å²) < 4.78 is 0. The molecule has 0 aliphatic carbocycles. The topological polar surface area (TPSA) is 78.5 Å². The molecule has 140 valence electrons. The number of halogens is 2. The van der Waals surface area contributed by atoms with Gasteiger partial charge in [-0.2, -0.15) is 0 Å². The number of carbonyl (C=O) groups excluding carboxylic acids is 3. The van der Waals surface area contributed by atoms with E-state index >= 15 is 0 Å². The number of nitrogens with one attached hydrogen (secondary N) is 2. The molecule has 8 heteroatoms. The highest BCUT2D eigenvalue weighted by Crippen LogP contribution is 2.28. The molecule has 1 saturated heterocycles. The minimum absolute atomic E-state index is 0.0636. The fourth-order valence-electron chi connectivity index (χ4n) is 2.78. The number of hydrogen-bond acceptors (Lipinski definition) is 3. The Kier molecular flexibility index (Phi) is 5.68. The zero-order valence-electron chi connectivity index (χ0n) is 14.5. The minimum Gasteiger partial charge on any atom is -0.312 e. The van der Waals surface area contributed by atoms with Crippen molar-refractivity contribution in [1.82, 2.24) is 10.9 Å². The fraction of sp³-hybridized carbons (Fsp3) is 0.211. The molecular formula is C19H17Cl2N3O3. The smallest absolute Gasteiger partial charge is 0.269 e. The van der Waals surface area contributed by atoms with E-state index in [-0.39, 0.29) is 18.9 Å². The van der Waals surface area contributed by atoms with E-state index in [9.17, 15) is 14.4 Å². The van der Waals surface area contributed by atoms with Crippen LogP contribution >= 0.6 is 23.2 Å². The number of anilines is 1. The Morgan fingerprint density at radius 1 is 1.07 bits per heavy atom. The Bertz CT molecular complexity index is 900. The molecule has 2 N–H and O–H groups in total. The predicted octanol–water partition coefficient (Wildman–Crippen LogP) is 3.12. The van der Waals surface area contributed by atoms with Crippen molar-refractivity contribution in [3.8, 4) is 0 Å². The summed E-state index contributed by atoms with van der Waals surface area (Å²) in [5, 5.41) is 1.07. The van der Waals surface area contributed by atoms with Crippen molar-refractivity contribution >= 4 is 46.6 Å². The fourth-order valence-corrected chi connectivity index (χ4v) is 3.08. The van der Waals surface area contributed by atoms with Crippen LogP contribution in [-0.2, 0) is 9.59 Å². The standard InChI is InChI=1S/C19H17Cl2N3O3/c1-11-2-7-15(9-16(11)21)24-10-13(8-17(24)25)19(27)23-22-18(26)12-3-5-14(20)6-4-12/h2-7,9,13H,8,10H2,1H3,(H,22,26)(H,23,27)/t13-/m0/s1. The Morgan fingerprint density at radius 2 is 1.78 bits per heavy atom. The van der Waals surface area contributed by atoms with E-state index in [0.29, 0.717) is 21.3 Å². The van der Waals surface area contributed by atoms with Crippen LogP contribution in [0, 0.1) is 12.8 Å². The second-order valence-electron chi connectivity index (χ2n) is 6.29. The van der Waals surface area contributed by atoms with E-state index in [4.69, 9.17) is 23.2 Å². The average Bonchev–Trinajstić information content (AvgIpc) is 3.04. The predicted molar refractivity (Wildman–Crippen MR) is 104 cm³/mol. The molecule has 2 aromatic carbocycles. The maximum atomic E-state index is 12.3. The first-order valence-electron chi connectivity index (χ1n) is 8.27. The molecule has 0 spiro atoms. The maximum Gasteiger partial charge on any atom is 0.269 e. The van der Waals surface area contributed by atoms with Crippen LogP contribution in [0.25, 0.3) is 0 Å². The van der Waals surface area contributed by atoms with E-state index in [1.165, 1.54) is 4.90 Å². The third kappa shape index (κ3) is 4.40. The summed E-state index contributed by atoms with van der Waals surface area (Å²) in [6.45, 7) is 2.10. The first kappa shape index (κ1) is 19.2. The molecule has 3 amide bonds.